The van der Waals surface area contributed by atoms with Gasteiger partial charge in [-0.1, -0.05) is 68.3 Å². The molecule has 1 heterocycles. The second-order valence-electron chi connectivity index (χ2n) is 5.34. The molecule has 2 aromatic carbocycles. The molecular formula is C20H14Br2N2O. The number of halogens is 2. The van der Waals surface area contributed by atoms with Crippen LogP contribution in [0.1, 0.15) is 22.5 Å². The Morgan fingerprint density at radius 1 is 0.800 bits per heavy atom. The van der Waals surface area contributed by atoms with E-state index in [1.54, 1.807) is 0 Å². The van der Waals surface area contributed by atoms with Crippen LogP contribution in [-0.2, 0) is 0 Å². The van der Waals surface area contributed by atoms with Crippen molar-refractivity contribution in [3.05, 3.63) is 96.5 Å². The molecule has 0 unspecified atom stereocenters. The van der Waals surface area contributed by atoms with Gasteiger partial charge in [0.05, 0.1) is 5.69 Å². The number of aromatic amines is 1. The smallest absolute Gasteiger partial charge is 0.306 e. The Labute approximate surface area is 162 Å². The van der Waals surface area contributed by atoms with Gasteiger partial charge in [0.15, 0.2) is 0 Å². The van der Waals surface area contributed by atoms with E-state index in [2.05, 4.69) is 41.8 Å². The highest BCUT2D eigenvalue weighted by Crippen LogP contribution is 2.15. The average molecular weight is 458 g/mol. The lowest BCUT2D eigenvalue weighted by molar-refractivity contribution is 1.05. The van der Waals surface area contributed by atoms with Crippen molar-refractivity contribution in [3.63, 3.8) is 0 Å². The number of rotatable bonds is 4. The Hall–Kier alpha value is -2.24. The third-order valence-electron chi connectivity index (χ3n) is 3.38. The minimum atomic E-state index is -0.370. The molecule has 0 atom stereocenters. The predicted molar refractivity (Wildman–Crippen MR) is 111 cm³/mol. The molecule has 1 aromatic heterocycles. The molecule has 0 radical (unpaired) electrons. The number of H-pyrrole nitrogens is 1. The highest BCUT2D eigenvalue weighted by Gasteiger charge is 1.97. The van der Waals surface area contributed by atoms with Crippen LogP contribution in [0.2, 0.25) is 0 Å². The Balaban J connectivity index is 1.84. The minimum Gasteiger partial charge on any atom is -0.306 e. The zero-order valence-electron chi connectivity index (χ0n) is 13.1. The maximum atomic E-state index is 11.8. The molecule has 0 spiro atoms. The molecule has 124 valence electrons. The third-order valence-corrected chi connectivity index (χ3v) is 4.37. The van der Waals surface area contributed by atoms with E-state index in [1.165, 1.54) is 0 Å². The van der Waals surface area contributed by atoms with E-state index < -0.39 is 0 Å². The van der Waals surface area contributed by atoms with Gasteiger partial charge in [0, 0.05) is 14.6 Å². The summed E-state index contributed by atoms with van der Waals surface area (Å²) in [5, 5.41) is 0. The number of nitrogens with one attached hydrogen (secondary N) is 1. The summed E-state index contributed by atoms with van der Waals surface area (Å²) in [5.41, 5.74) is 3.01. The lowest BCUT2D eigenvalue weighted by atomic mass is 10.2. The fraction of sp³-hybridized carbons (Fsp3) is 0. The fourth-order valence-electron chi connectivity index (χ4n) is 2.26. The topological polar surface area (TPSA) is 45.8 Å². The van der Waals surface area contributed by atoms with Crippen molar-refractivity contribution in [1.29, 1.82) is 0 Å². The van der Waals surface area contributed by atoms with Crippen molar-refractivity contribution in [3.8, 4) is 0 Å². The van der Waals surface area contributed by atoms with Crippen LogP contribution in [0.4, 0.5) is 0 Å². The first-order valence-corrected chi connectivity index (χ1v) is 9.16. The summed E-state index contributed by atoms with van der Waals surface area (Å²) in [6.07, 6.45) is 7.56. The average Bonchev–Trinajstić information content (AvgIpc) is 2.58. The molecule has 0 saturated heterocycles. The monoisotopic (exact) mass is 456 g/mol. The minimum absolute atomic E-state index is 0.370. The zero-order valence-corrected chi connectivity index (χ0v) is 16.3. The number of aromatic nitrogens is 2. The summed E-state index contributed by atoms with van der Waals surface area (Å²) in [4.78, 5) is 18.5. The van der Waals surface area contributed by atoms with Gasteiger partial charge in [-0.25, -0.2) is 4.79 Å². The number of hydrogen-bond acceptors (Lipinski definition) is 2. The fourth-order valence-corrected chi connectivity index (χ4v) is 3.09. The molecule has 0 aliphatic carbocycles. The highest BCUT2D eigenvalue weighted by atomic mass is 79.9. The Morgan fingerprint density at radius 2 is 1.40 bits per heavy atom. The molecule has 3 nitrogen and oxygen atoms in total. The Morgan fingerprint density at radius 3 is 2.00 bits per heavy atom. The predicted octanol–water partition coefficient (Wildman–Crippen LogP) is 5.64. The van der Waals surface area contributed by atoms with Crippen molar-refractivity contribution < 1.29 is 0 Å². The van der Waals surface area contributed by atoms with E-state index in [4.69, 9.17) is 0 Å². The van der Waals surface area contributed by atoms with Crippen molar-refractivity contribution in [2.24, 2.45) is 0 Å². The van der Waals surface area contributed by atoms with E-state index in [9.17, 15) is 4.79 Å². The summed E-state index contributed by atoms with van der Waals surface area (Å²) in [6, 6.07) is 17.7. The second kappa shape index (κ2) is 8.23. The van der Waals surface area contributed by atoms with Gasteiger partial charge in [0.2, 0.25) is 0 Å². The van der Waals surface area contributed by atoms with Crippen LogP contribution in [0.3, 0.4) is 0 Å². The zero-order chi connectivity index (χ0) is 17.6. The molecule has 0 aliphatic heterocycles. The van der Waals surface area contributed by atoms with Crippen molar-refractivity contribution >= 4 is 56.2 Å². The maximum absolute atomic E-state index is 11.8. The van der Waals surface area contributed by atoms with Crippen molar-refractivity contribution in [2.75, 3.05) is 0 Å². The molecule has 5 heteroatoms. The molecule has 1 N–H and O–H groups in total. The Kier molecular flexibility index (Phi) is 5.79. The van der Waals surface area contributed by atoms with Crippen LogP contribution in [0, 0.1) is 0 Å². The first kappa shape index (κ1) is 17.6. The summed E-state index contributed by atoms with van der Waals surface area (Å²) in [5.74, 6) is 0. The molecule has 0 amide bonds. The lowest BCUT2D eigenvalue weighted by Crippen LogP contribution is -2.12. The summed E-state index contributed by atoms with van der Waals surface area (Å²) < 4.78 is 2.02. The van der Waals surface area contributed by atoms with E-state index in [0.717, 1.165) is 20.1 Å². The van der Waals surface area contributed by atoms with Gasteiger partial charge in [-0.05, 0) is 53.6 Å². The quantitative estimate of drug-likeness (QED) is 0.551. The van der Waals surface area contributed by atoms with Crippen molar-refractivity contribution in [1.82, 2.24) is 9.97 Å². The number of hydrogen-bond donors (Lipinski definition) is 1. The van der Waals surface area contributed by atoms with E-state index in [0.29, 0.717) is 11.4 Å². The SMILES string of the molecule is O=c1nc(C=Cc2cccc(Br)c2)cc(C=Cc2cccc(Br)c2)[nH]1. The van der Waals surface area contributed by atoms with E-state index >= 15 is 0 Å². The van der Waals surface area contributed by atoms with Crippen LogP contribution in [0.15, 0.2) is 68.3 Å². The van der Waals surface area contributed by atoms with Gasteiger partial charge in [-0.3, -0.25) is 0 Å². The van der Waals surface area contributed by atoms with Gasteiger partial charge in [-0.2, -0.15) is 4.98 Å². The van der Waals surface area contributed by atoms with Crippen LogP contribution in [0.25, 0.3) is 24.3 Å². The second-order valence-corrected chi connectivity index (χ2v) is 7.17. The van der Waals surface area contributed by atoms with Gasteiger partial charge in [-0.15, -0.1) is 0 Å². The first-order valence-electron chi connectivity index (χ1n) is 7.57. The summed E-state index contributed by atoms with van der Waals surface area (Å²) in [7, 11) is 0. The molecule has 0 saturated carbocycles. The standard InChI is InChI=1S/C20H14Br2N2O/c21-16-5-1-3-14(11-16)7-9-18-13-19(24-20(25)23-18)10-8-15-4-2-6-17(22)12-15/h1-13H,(H,23,24,25). The van der Waals surface area contributed by atoms with Crippen LogP contribution in [-0.4, -0.2) is 9.97 Å². The molecule has 3 rings (SSSR count). The maximum Gasteiger partial charge on any atom is 0.345 e. The van der Waals surface area contributed by atoms with Crippen LogP contribution in [0.5, 0.6) is 0 Å². The van der Waals surface area contributed by atoms with E-state index in [1.807, 2.05) is 78.9 Å². The largest absolute Gasteiger partial charge is 0.345 e. The molecule has 0 aliphatic rings. The third kappa shape index (κ3) is 5.37. The molecule has 3 aromatic rings. The van der Waals surface area contributed by atoms with Gasteiger partial charge in [0.1, 0.15) is 0 Å². The van der Waals surface area contributed by atoms with Gasteiger partial charge < -0.3 is 4.98 Å². The first-order chi connectivity index (χ1) is 12.1. The Bertz CT molecular complexity index is 930. The molecule has 0 fully saturated rings. The van der Waals surface area contributed by atoms with Gasteiger partial charge >= 0.3 is 5.69 Å². The molecule has 0 bridgehead atoms. The van der Waals surface area contributed by atoms with Crippen molar-refractivity contribution in [2.45, 2.75) is 0 Å². The lowest BCUT2D eigenvalue weighted by Gasteiger charge is -1.98. The normalized spacial score (nSPS) is 11.4. The van der Waals surface area contributed by atoms with Crippen LogP contribution >= 0.6 is 31.9 Å². The van der Waals surface area contributed by atoms with Crippen LogP contribution < -0.4 is 5.69 Å². The summed E-state index contributed by atoms with van der Waals surface area (Å²) >= 11 is 6.89. The van der Waals surface area contributed by atoms with Gasteiger partial charge in [0.25, 0.3) is 0 Å². The molecule has 25 heavy (non-hydrogen) atoms. The number of benzene rings is 2. The highest BCUT2D eigenvalue weighted by molar-refractivity contribution is 9.10. The van der Waals surface area contributed by atoms with E-state index in [-0.39, 0.29) is 5.69 Å². The number of nitrogens with zero attached hydrogens (tertiary/aromatic N) is 1. The molecular weight excluding hydrogens is 444 g/mol. The summed E-state index contributed by atoms with van der Waals surface area (Å²) in [6.45, 7) is 0.